The molecule has 1 fully saturated rings. The Balaban J connectivity index is 2.20. The van der Waals surface area contributed by atoms with Crippen LogP contribution in [0.2, 0.25) is 0 Å². The molecule has 5 heteroatoms. The first-order valence-electron chi connectivity index (χ1n) is 6.57. The second kappa shape index (κ2) is 5.87. The molecule has 0 spiro atoms. The van der Waals surface area contributed by atoms with Gasteiger partial charge in [-0.25, -0.2) is 0 Å². The van der Waals surface area contributed by atoms with Crippen molar-refractivity contribution in [2.24, 2.45) is 7.05 Å². The molecule has 4 nitrogen and oxygen atoms in total. The number of piperidine rings is 1. The van der Waals surface area contributed by atoms with Crippen LogP contribution in [0.4, 0.5) is 0 Å². The molecule has 1 saturated heterocycles. The van der Waals surface area contributed by atoms with Gasteiger partial charge >= 0.3 is 0 Å². The monoisotopic (exact) mass is 313 g/mol. The maximum Gasteiger partial charge on any atom is 0.272 e. The number of aryl methyl sites for hydroxylation is 2. The number of aromatic nitrogens is 2. The van der Waals surface area contributed by atoms with Crippen molar-refractivity contribution >= 4 is 21.8 Å². The van der Waals surface area contributed by atoms with E-state index in [1.54, 1.807) is 4.68 Å². The van der Waals surface area contributed by atoms with E-state index in [-0.39, 0.29) is 5.91 Å². The lowest BCUT2D eigenvalue weighted by Gasteiger charge is -2.34. The van der Waals surface area contributed by atoms with Crippen LogP contribution in [0.3, 0.4) is 0 Å². The average molecular weight is 314 g/mol. The Hall–Kier alpha value is -0.840. The van der Waals surface area contributed by atoms with E-state index >= 15 is 0 Å². The van der Waals surface area contributed by atoms with Crippen LogP contribution in [0.1, 0.15) is 42.4 Å². The number of hydrogen-bond acceptors (Lipinski definition) is 2. The summed E-state index contributed by atoms with van der Waals surface area (Å²) in [5.74, 6) is 0.119. The highest BCUT2D eigenvalue weighted by Crippen LogP contribution is 2.21. The predicted octanol–water partition coefficient (Wildman–Crippen LogP) is 2.37. The van der Waals surface area contributed by atoms with Crippen molar-refractivity contribution in [2.45, 2.75) is 38.6 Å². The summed E-state index contributed by atoms with van der Waals surface area (Å²) in [4.78, 5) is 14.6. The number of likely N-dealkylation sites (tertiary alicyclic amines) is 1. The molecule has 1 amide bonds. The molecule has 0 saturated carbocycles. The lowest BCUT2D eigenvalue weighted by molar-refractivity contribution is 0.0630. The number of carbonyl (C=O) groups excluding carboxylic acids is 1. The van der Waals surface area contributed by atoms with Gasteiger partial charge in [-0.3, -0.25) is 9.48 Å². The van der Waals surface area contributed by atoms with Crippen molar-refractivity contribution in [3.05, 3.63) is 17.5 Å². The fraction of sp³-hybridized carbons (Fsp3) is 0.692. The van der Waals surface area contributed by atoms with Gasteiger partial charge in [0, 0.05) is 25.0 Å². The van der Waals surface area contributed by atoms with Gasteiger partial charge in [-0.15, -0.1) is 0 Å². The molecule has 0 N–H and O–H groups in total. The van der Waals surface area contributed by atoms with Crippen LogP contribution in [0.25, 0.3) is 0 Å². The minimum absolute atomic E-state index is 0.119. The molecule has 18 heavy (non-hydrogen) atoms. The molecule has 1 atom stereocenters. The number of hydrogen-bond donors (Lipinski definition) is 0. The second-order valence-electron chi connectivity index (χ2n) is 4.80. The minimum Gasteiger partial charge on any atom is -0.334 e. The first kappa shape index (κ1) is 13.6. The van der Waals surface area contributed by atoms with E-state index in [1.165, 1.54) is 6.42 Å². The summed E-state index contributed by atoms with van der Waals surface area (Å²) < 4.78 is 1.71. The zero-order chi connectivity index (χ0) is 13.1. The van der Waals surface area contributed by atoms with Gasteiger partial charge in [-0.1, -0.05) is 22.9 Å². The van der Waals surface area contributed by atoms with E-state index in [2.05, 4.69) is 28.0 Å². The quantitative estimate of drug-likeness (QED) is 0.804. The van der Waals surface area contributed by atoms with Crippen LogP contribution in [0.15, 0.2) is 6.07 Å². The minimum atomic E-state index is 0.119. The Kier molecular flexibility index (Phi) is 4.43. The number of amides is 1. The number of alkyl halides is 1. The molecule has 1 aliphatic heterocycles. The van der Waals surface area contributed by atoms with Crippen molar-refractivity contribution in [3.63, 3.8) is 0 Å². The smallest absolute Gasteiger partial charge is 0.272 e. The molecule has 1 aromatic rings. The first-order chi connectivity index (χ1) is 8.67. The fourth-order valence-corrected chi connectivity index (χ4v) is 3.15. The zero-order valence-electron chi connectivity index (χ0n) is 11.0. The number of rotatable bonds is 3. The lowest BCUT2D eigenvalue weighted by Crippen LogP contribution is -2.45. The molecule has 2 heterocycles. The van der Waals surface area contributed by atoms with Gasteiger partial charge < -0.3 is 4.90 Å². The van der Waals surface area contributed by atoms with E-state index in [1.807, 2.05) is 18.0 Å². The van der Waals surface area contributed by atoms with Gasteiger partial charge in [0.05, 0.1) is 5.69 Å². The maximum absolute atomic E-state index is 12.6. The van der Waals surface area contributed by atoms with Crippen molar-refractivity contribution in [1.82, 2.24) is 14.7 Å². The van der Waals surface area contributed by atoms with Gasteiger partial charge in [0.25, 0.3) is 5.91 Å². The van der Waals surface area contributed by atoms with Crippen molar-refractivity contribution < 1.29 is 4.79 Å². The topological polar surface area (TPSA) is 38.1 Å². The highest BCUT2D eigenvalue weighted by atomic mass is 79.9. The largest absolute Gasteiger partial charge is 0.334 e. The zero-order valence-corrected chi connectivity index (χ0v) is 12.6. The molecule has 0 bridgehead atoms. The van der Waals surface area contributed by atoms with Crippen LogP contribution in [0, 0.1) is 0 Å². The number of halogens is 1. The SMILES string of the molecule is CCc1cc(C(=O)N2CCCCC2CBr)n(C)n1. The highest BCUT2D eigenvalue weighted by molar-refractivity contribution is 9.09. The van der Waals surface area contributed by atoms with Gasteiger partial charge in [0.2, 0.25) is 0 Å². The molecular weight excluding hydrogens is 294 g/mol. The molecule has 100 valence electrons. The van der Waals surface area contributed by atoms with Crippen LogP contribution in [0.5, 0.6) is 0 Å². The highest BCUT2D eigenvalue weighted by Gasteiger charge is 2.28. The molecule has 2 rings (SSSR count). The first-order valence-corrected chi connectivity index (χ1v) is 7.69. The summed E-state index contributed by atoms with van der Waals surface area (Å²) >= 11 is 3.51. The Morgan fingerprint density at radius 3 is 2.94 bits per heavy atom. The third kappa shape index (κ3) is 2.60. The Morgan fingerprint density at radius 2 is 2.33 bits per heavy atom. The van der Waals surface area contributed by atoms with E-state index in [0.29, 0.717) is 11.7 Å². The van der Waals surface area contributed by atoms with E-state index in [0.717, 1.165) is 36.8 Å². The molecular formula is C13H20BrN3O. The van der Waals surface area contributed by atoms with Crippen LogP contribution in [-0.2, 0) is 13.5 Å². The van der Waals surface area contributed by atoms with Gasteiger partial charge in [-0.05, 0) is 31.7 Å². The molecule has 0 aliphatic carbocycles. The van der Waals surface area contributed by atoms with Crippen molar-refractivity contribution in [1.29, 1.82) is 0 Å². The van der Waals surface area contributed by atoms with E-state index in [9.17, 15) is 4.79 Å². The standard InChI is InChI=1S/C13H20BrN3O/c1-3-10-8-12(16(2)15-10)13(18)17-7-5-4-6-11(17)9-14/h8,11H,3-7,9H2,1-2H3. The Bertz CT molecular complexity index is 430. The van der Waals surface area contributed by atoms with Crippen LogP contribution in [-0.4, -0.2) is 38.5 Å². The van der Waals surface area contributed by atoms with Gasteiger partial charge in [0.1, 0.15) is 5.69 Å². The molecule has 1 aliphatic rings. The third-order valence-corrected chi connectivity index (χ3v) is 4.33. The summed E-state index contributed by atoms with van der Waals surface area (Å²) in [6, 6.07) is 2.24. The summed E-state index contributed by atoms with van der Waals surface area (Å²) in [6.07, 6.45) is 4.28. The second-order valence-corrected chi connectivity index (χ2v) is 5.45. The normalized spacial score (nSPS) is 20.2. The average Bonchev–Trinajstić information content (AvgIpc) is 2.79. The predicted molar refractivity (Wildman–Crippen MR) is 75.1 cm³/mol. The van der Waals surface area contributed by atoms with Crippen molar-refractivity contribution in [2.75, 3.05) is 11.9 Å². The van der Waals surface area contributed by atoms with Crippen LogP contribution < -0.4 is 0 Å². The summed E-state index contributed by atoms with van der Waals surface area (Å²) in [5.41, 5.74) is 1.69. The summed E-state index contributed by atoms with van der Waals surface area (Å²) in [7, 11) is 1.85. The third-order valence-electron chi connectivity index (χ3n) is 3.58. The lowest BCUT2D eigenvalue weighted by atomic mass is 10.0. The maximum atomic E-state index is 12.6. The Labute approximate surface area is 116 Å². The number of carbonyl (C=O) groups is 1. The van der Waals surface area contributed by atoms with Crippen LogP contribution >= 0.6 is 15.9 Å². The van der Waals surface area contributed by atoms with Crippen molar-refractivity contribution in [3.8, 4) is 0 Å². The van der Waals surface area contributed by atoms with E-state index < -0.39 is 0 Å². The summed E-state index contributed by atoms with van der Waals surface area (Å²) in [5, 5.41) is 5.21. The molecule has 0 aromatic carbocycles. The summed E-state index contributed by atoms with van der Waals surface area (Å²) in [6.45, 7) is 2.92. The fourth-order valence-electron chi connectivity index (χ4n) is 2.48. The molecule has 0 radical (unpaired) electrons. The Morgan fingerprint density at radius 1 is 1.56 bits per heavy atom. The van der Waals surface area contributed by atoms with E-state index in [4.69, 9.17) is 0 Å². The molecule has 1 unspecified atom stereocenters. The van der Waals surface area contributed by atoms with Gasteiger partial charge in [-0.2, -0.15) is 5.10 Å². The van der Waals surface area contributed by atoms with Gasteiger partial charge in [0.15, 0.2) is 0 Å². The number of nitrogens with zero attached hydrogens (tertiary/aromatic N) is 3. The molecule has 1 aromatic heterocycles.